The van der Waals surface area contributed by atoms with Crippen LogP contribution >= 0.6 is 0 Å². The highest BCUT2D eigenvalue weighted by Crippen LogP contribution is 2.32. The number of tetrazole rings is 1. The molecule has 1 N–H and O–H groups in total. The first-order valence-electron chi connectivity index (χ1n) is 12.9. The van der Waals surface area contributed by atoms with Crippen molar-refractivity contribution in [2.45, 2.75) is 88.7 Å². The van der Waals surface area contributed by atoms with Crippen LogP contribution in [0.4, 0.5) is 4.79 Å². The van der Waals surface area contributed by atoms with Gasteiger partial charge in [0, 0.05) is 18.7 Å². The molecule has 36 heavy (non-hydrogen) atoms. The number of carbonyl (C=O) groups excluding carboxylic acids is 1. The average Bonchev–Trinajstić information content (AvgIpc) is 3.34. The molecule has 1 saturated carbocycles. The maximum absolute atomic E-state index is 12.6. The normalized spacial score (nSPS) is 19.9. The Morgan fingerprint density at radius 1 is 1.14 bits per heavy atom. The Morgan fingerprint density at radius 3 is 2.58 bits per heavy atom. The zero-order valence-electron chi connectivity index (χ0n) is 21.7. The lowest BCUT2D eigenvalue weighted by molar-refractivity contribution is 0.0160. The number of hydrogen-bond donors (Lipinski definition) is 1. The van der Waals surface area contributed by atoms with Crippen molar-refractivity contribution < 1.29 is 17.9 Å². The van der Waals surface area contributed by atoms with Crippen LogP contribution in [0.5, 0.6) is 0 Å². The Kier molecular flexibility index (Phi) is 7.99. The first kappa shape index (κ1) is 26.5. The van der Waals surface area contributed by atoms with E-state index in [-0.39, 0.29) is 17.0 Å². The fraction of sp³-hybridized carbons (Fsp3) is 0.680. The highest BCUT2D eigenvalue weighted by Gasteiger charge is 2.30. The summed E-state index contributed by atoms with van der Waals surface area (Å²) in [6.07, 6.45) is 8.25. The van der Waals surface area contributed by atoms with E-state index in [9.17, 15) is 13.2 Å². The van der Waals surface area contributed by atoms with E-state index in [4.69, 9.17) is 4.74 Å². The minimum Gasteiger partial charge on any atom is -0.444 e. The second kappa shape index (κ2) is 10.8. The first-order valence-corrected chi connectivity index (χ1v) is 14.4. The van der Waals surface area contributed by atoms with Crippen molar-refractivity contribution in [3.8, 4) is 11.4 Å². The summed E-state index contributed by atoms with van der Waals surface area (Å²) in [5, 5.41) is 13.3. The predicted molar refractivity (Wildman–Crippen MR) is 136 cm³/mol. The standard InChI is InChI=1S/C25H38N6O4S/c1-25(2,3)35-24(32)30-14-8-11-20(17-30)31-28-23(27-29-31)22-16-21(36(33,34)26-4)13-12-19(22)15-18-9-6-5-7-10-18/h12-13,16,18,20,26H,5-11,14-15,17H2,1-4H3. The Bertz CT molecular complexity index is 1170. The van der Waals surface area contributed by atoms with Gasteiger partial charge in [-0.15, -0.1) is 10.2 Å². The van der Waals surface area contributed by atoms with Gasteiger partial charge in [0.1, 0.15) is 5.60 Å². The van der Waals surface area contributed by atoms with Crippen LogP contribution in [0, 0.1) is 5.92 Å². The molecule has 0 spiro atoms. The SMILES string of the molecule is CNS(=O)(=O)c1ccc(CC2CCCCC2)c(-c2nnn(C3CCCN(C(=O)OC(C)(C)C)C3)n2)c1. The molecule has 1 saturated heterocycles. The van der Waals surface area contributed by atoms with Crippen LogP contribution in [-0.2, 0) is 21.2 Å². The second-order valence-electron chi connectivity index (χ2n) is 10.9. The zero-order chi connectivity index (χ0) is 25.9. The molecule has 1 aromatic heterocycles. The monoisotopic (exact) mass is 518 g/mol. The van der Waals surface area contributed by atoms with Crippen LogP contribution in [0.2, 0.25) is 0 Å². The third-order valence-corrected chi connectivity index (χ3v) is 8.35. The lowest BCUT2D eigenvalue weighted by Crippen LogP contribution is -2.43. The number of sulfonamides is 1. The Labute approximate surface area is 213 Å². The lowest BCUT2D eigenvalue weighted by Gasteiger charge is -2.33. The van der Waals surface area contributed by atoms with Gasteiger partial charge in [-0.2, -0.15) is 4.80 Å². The van der Waals surface area contributed by atoms with Crippen molar-refractivity contribution in [3.05, 3.63) is 23.8 Å². The summed E-state index contributed by atoms with van der Waals surface area (Å²) in [4.78, 5) is 16.0. The van der Waals surface area contributed by atoms with Gasteiger partial charge in [-0.05, 0) is 75.9 Å². The molecule has 198 valence electrons. The molecule has 2 aliphatic rings. The van der Waals surface area contributed by atoms with Crippen molar-refractivity contribution in [1.29, 1.82) is 0 Å². The van der Waals surface area contributed by atoms with Gasteiger partial charge in [-0.1, -0.05) is 38.2 Å². The van der Waals surface area contributed by atoms with Gasteiger partial charge in [0.25, 0.3) is 0 Å². The van der Waals surface area contributed by atoms with E-state index >= 15 is 0 Å². The third-order valence-electron chi connectivity index (χ3n) is 6.94. The molecule has 4 rings (SSSR count). The fourth-order valence-corrected chi connectivity index (χ4v) is 5.81. The van der Waals surface area contributed by atoms with Crippen LogP contribution < -0.4 is 4.72 Å². The molecule has 11 heteroatoms. The second-order valence-corrected chi connectivity index (χ2v) is 12.8. The van der Waals surface area contributed by atoms with E-state index < -0.39 is 15.6 Å². The number of amides is 1. The number of nitrogens with zero attached hydrogens (tertiary/aromatic N) is 5. The largest absolute Gasteiger partial charge is 0.444 e. The van der Waals surface area contributed by atoms with Crippen LogP contribution in [0.3, 0.4) is 0 Å². The van der Waals surface area contributed by atoms with Gasteiger partial charge in [0.15, 0.2) is 0 Å². The molecule has 1 amide bonds. The summed E-state index contributed by atoms with van der Waals surface area (Å²) in [5.41, 5.74) is 1.18. The molecule has 1 aliphatic heterocycles. The number of likely N-dealkylation sites (tertiary alicyclic amines) is 1. The topological polar surface area (TPSA) is 119 Å². The first-order chi connectivity index (χ1) is 17.1. The molecule has 0 radical (unpaired) electrons. The van der Waals surface area contributed by atoms with Gasteiger partial charge >= 0.3 is 6.09 Å². The van der Waals surface area contributed by atoms with Crippen LogP contribution in [-0.4, -0.2) is 65.4 Å². The minimum atomic E-state index is -3.61. The number of rotatable bonds is 6. The van der Waals surface area contributed by atoms with Gasteiger partial charge in [-0.3, -0.25) is 0 Å². The molecule has 2 aromatic rings. The fourth-order valence-electron chi connectivity index (χ4n) is 5.05. The van der Waals surface area contributed by atoms with E-state index in [1.165, 1.54) is 39.2 Å². The zero-order valence-corrected chi connectivity index (χ0v) is 22.6. The number of nitrogens with one attached hydrogen (secondary N) is 1. The average molecular weight is 519 g/mol. The maximum Gasteiger partial charge on any atom is 0.410 e. The number of hydrogen-bond acceptors (Lipinski definition) is 7. The lowest BCUT2D eigenvalue weighted by atomic mass is 9.84. The summed E-state index contributed by atoms with van der Waals surface area (Å²) >= 11 is 0. The van der Waals surface area contributed by atoms with Crippen molar-refractivity contribution in [2.75, 3.05) is 20.1 Å². The summed E-state index contributed by atoms with van der Waals surface area (Å²) < 4.78 is 33.0. The van der Waals surface area contributed by atoms with E-state index in [0.29, 0.717) is 30.4 Å². The van der Waals surface area contributed by atoms with Gasteiger partial charge in [0.05, 0.1) is 10.9 Å². The number of benzene rings is 1. The number of piperidine rings is 1. The highest BCUT2D eigenvalue weighted by atomic mass is 32.2. The summed E-state index contributed by atoms with van der Waals surface area (Å²) in [6, 6.07) is 5.06. The molecule has 1 aliphatic carbocycles. The quantitative estimate of drug-likeness (QED) is 0.615. The highest BCUT2D eigenvalue weighted by molar-refractivity contribution is 7.89. The molecule has 2 heterocycles. The smallest absolute Gasteiger partial charge is 0.410 e. The van der Waals surface area contributed by atoms with Crippen LogP contribution in [0.25, 0.3) is 11.4 Å². The van der Waals surface area contributed by atoms with Gasteiger partial charge in [0.2, 0.25) is 15.8 Å². The number of carbonyl (C=O) groups is 1. The van der Waals surface area contributed by atoms with Gasteiger partial charge in [-0.25, -0.2) is 17.9 Å². The van der Waals surface area contributed by atoms with E-state index in [0.717, 1.165) is 24.8 Å². The summed E-state index contributed by atoms with van der Waals surface area (Å²) in [7, 11) is -2.21. The van der Waals surface area contributed by atoms with E-state index in [2.05, 4.69) is 20.1 Å². The van der Waals surface area contributed by atoms with Crippen LogP contribution in [0.1, 0.15) is 77.3 Å². The summed E-state index contributed by atoms with van der Waals surface area (Å²) in [6.45, 7) is 6.62. The van der Waals surface area contributed by atoms with Crippen molar-refractivity contribution >= 4 is 16.1 Å². The molecule has 1 atom stereocenters. The Hall–Kier alpha value is -2.53. The molecular weight excluding hydrogens is 480 g/mol. The van der Waals surface area contributed by atoms with Crippen molar-refractivity contribution in [2.24, 2.45) is 5.92 Å². The van der Waals surface area contributed by atoms with E-state index in [1.807, 2.05) is 26.8 Å². The molecule has 10 nitrogen and oxygen atoms in total. The molecule has 1 aromatic carbocycles. The molecular formula is C25H38N6O4S. The van der Waals surface area contributed by atoms with Crippen molar-refractivity contribution in [1.82, 2.24) is 29.8 Å². The van der Waals surface area contributed by atoms with Crippen molar-refractivity contribution in [3.63, 3.8) is 0 Å². The Morgan fingerprint density at radius 2 is 1.89 bits per heavy atom. The molecule has 1 unspecified atom stereocenters. The predicted octanol–water partition coefficient (Wildman–Crippen LogP) is 3.94. The molecule has 2 fully saturated rings. The number of aromatic nitrogens is 4. The summed E-state index contributed by atoms with van der Waals surface area (Å²) in [5.74, 6) is 0.975. The molecule has 0 bridgehead atoms. The third kappa shape index (κ3) is 6.42. The number of ether oxygens (including phenoxy) is 1. The van der Waals surface area contributed by atoms with Crippen LogP contribution in [0.15, 0.2) is 23.1 Å². The Balaban J connectivity index is 1.59. The van der Waals surface area contributed by atoms with Gasteiger partial charge < -0.3 is 9.64 Å². The van der Waals surface area contributed by atoms with E-state index in [1.54, 1.807) is 21.8 Å². The maximum atomic E-state index is 12.6. The minimum absolute atomic E-state index is 0.126.